The maximum Gasteiger partial charge on any atom is 0.408 e. The Labute approximate surface area is 162 Å². The summed E-state index contributed by atoms with van der Waals surface area (Å²) in [6.45, 7) is 5.17. The predicted octanol–water partition coefficient (Wildman–Crippen LogP) is 3.93. The molecule has 3 atom stereocenters. The van der Waals surface area contributed by atoms with E-state index in [9.17, 15) is 18.7 Å². The monoisotopic (exact) mass is 391 g/mol. The van der Waals surface area contributed by atoms with Gasteiger partial charge in [-0.2, -0.15) is 0 Å². The van der Waals surface area contributed by atoms with Gasteiger partial charge in [0.15, 0.2) is 11.6 Å². The number of nitrogens with one attached hydrogen (secondary N) is 1. The number of nitrogens with zero attached hydrogens (tertiary/aromatic N) is 2. The molecule has 0 saturated carbocycles. The second kappa shape index (κ2) is 7.79. The van der Waals surface area contributed by atoms with Gasteiger partial charge in [-0.05, 0) is 45.2 Å². The van der Waals surface area contributed by atoms with E-state index in [-0.39, 0.29) is 12.0 Å². The molecule has 1 aromatic heterocycles. The van der Waals surface area contributed by atoms with E-state index < -0.39 is 41.4 Å². The quantitative estimate of drug-likeness (QED) is 0.758. The number of halogens is 2. The van der Waals surface area contributed by atoms with Gasteiger partial charge < -0.3 is 15.2 Å². The number of rotatable bonds is 2. The smallest absolute Gasteiger partial charge is 0.408 e. The highest BCUT2D eigenvalue weighted by Gasteiger charge is 2.37. The first-order chi connectivity index (χ1) is 13.2. The minimum absolute atomic E-state index is 0.103. The molecule has 8 heteroatoms. The van der Waals surface area contributed by atoms with E-state index >= 15 is 0 Å². The topological polar surface area (TPSA) is 84.3 Å². The Morgan fingerprint density at radius 1 is 1.18 bits per heavy atom. The van der Waals surface area contributed by atoms with E-state index in [2.05, 4.69) is 15.3 Å². The molecule has 1 heterocycles. The third-order valence-electron chi connectivity index (χ3n) is 4.57. The molecule has 1 amide bonds. The Balaban J connectivity index is 2.06. The molecule has 150 valence electrons. The summed E-state index contributed by atoms with van der Waals surface area (Å²) in [5.74, 6) is -2.61. The lowest BCUT2D eigenvalue weighted by Gasteiger charge is -2.28. The number of hydrogen-bond donors (Lipinski definition) is 2. The molecule has 0 unspecified atom stereocenters. The number of aliphatic hydroxyl groups excluding tert-OH is 1. The van der Waals surface area contributed by atoms with Gasteiger partial charge in [-0.25, -0.2) is 13.6 Å². The van der Waals surface area contributed by atoms with E-state index in [1.807, 2.05) is 0 Å². The average molecular weight is 391 g/mol. The number of aromatic nitrogens is 2. The Morgan fingerprint density at radius 2 is 1.86 bits per heavy atom. The summed E-state index contributed by atoms with van der Waals surface area (Å²) in [6.07, 6.45) is 1.79. The molecule has 1 aromatic carbocycles. The number of benzene rings is 1. The van der Waals surface area contributed by atoms with Crippen LogP contribution in [0.25, 0.3) is 0 Å². The van der Waals surface area contributed by atoms with Gasteiger partial charge in [0.05, 0.1) is 23.5 Å². The van der Waals surface area contributed by atoms with Crippen LogP contribution in [0.5, 0.6) is 0 Å². The lowest BCUT2D eigenvalue weighted by atomic mass is 9.86. The van der Waals surface area contributed by atoms with Crippen molar-refractivity contribution in [3.63, 3.8) is 0 Å². The fourth-order valence-electron chi connectivity index (χ4n) is 3.43. The highest BCUT2D eigenvalue weighted by atomic mass is 19.2. The molecule has 0 bridgehead atoms. The van der Waals surface area contributed by atoms with Gasteiger partial charge in [0.1, 0.15) is 5.60 Å². The van der Waals surface area contributed by atoms with Crippen molar-refractivity contribution < 1.29 is 23.4 Å². The number of alkyl carbamates (subject to hydrolysis) is 1. The van der Waals surface area contributed by atoms with Crippen LogP contribution < -0.4 is 5.32 Å². The van der Waals surface area contributed by atoms with E-state index in [1.54, 1.807) is 20.8 Å². The molecular weight excluding hydrogens is 368 g/mol. The third kappa shape index (κ3) is 4.27. The number of fused-ring (bicyclic) bond motifs is 1. The molecule has 0 radical (unpaired) electrons. The van der Waals surface area contributed by atoms with Crippen molar-refractivity contribution in [2.75, 3.05) is 0 Å². The Morgan fingerprint density at radius 3 is 2.54 bits per heavy atom. The molecule has 2 N–H and O–H groups in total. The minimum atomic E-state index is -0.981. The first-order valence-electron chi connectivity index (χ1n) is 9.09. The van der Waals surface area contributed by atoms with Crippen LogP contribution in [0.2, 0.25) is 0 Å². The SMILES string of the molecule is CC(C)(C)OC(=O)N[C@@H]1c2nccnc2[C@@H](O)CC[C@H]1c1cccc(F)c1F. The summed E-state index contributed by atoms with van der Waals surface area (Å²) >= 11 is 0. The van der Waals surface area contributed by atoms with Crippen molar-refractivity contribution in [2.24, 2.45) is 0 Å². The van der Waals surface area contributed by atoms with Crippen molar-refractivity contribution in [3.05, 3.63) is 59.2 Å². The Bertz CT molecular complexity index is 870. The summed E-state index contributed by atoms with van der Waals surface area (Å²) in [4.78, 5) is 20.9. The third-order valence-corrected chi connectivity index (χ3v) is 4.57. The molecular formula is C20H23F2N3O3. The van der Waals surface area contributed by atoms with Crippen LogP contribution in [0.4, 0.5) is 13.6 Å². The van der Waals surface area contributed by atoms with Crippen molar-refractivity contribution in [1.82, 2.24) is 15.3 Å². The largest absolute Gasteiger partial charge is 0.444 e. The predicted molar refractivity (Wildman–Crippen MR) is 97.4 cm³/mol. The standard InChI is InChI=1S/C20H23F2N3O3/c1-20(2,3)28-19(27)25-16-12(11-5-4-6-13(21)15(11)22)7-8-14(26)17-18(16)24-10-9-23-17/h4-6,9-10,12,14,16,26H,7-8H2,1-3H3,(H,25,27)/t12-,14-,16-/m0/s1. The fourth-order valence-corrected chi connectivity index (χ4v) is 3.43. The highest BCUT2D eigenvalue weighted by molar-refractivity contribution is 5.68. The van der Waals surface area contributed by atoms with Crippen LogP contribution in [0.3, 0.4) is 0 Å². The summed E-state index contributed by atoms with van der Waals surface area (Å²) in [7, 11) is 0. The number of carbonyl (C=O) groups excluding carboxylic acids is 1. The zero-order valence-corrected chi connectivity index (χ0v) is 15.9. The Hall–Kier alpha value is -2.61. The zero-order valence-electron chi connectivity index (χ0n) is 15.9. The second-order valence-electron chi connectivity index (χ2n) is 7.79. The molecule has 0 saturated heterocycles. The molecule has 0 spiro atoms. The van der Waals surface area contributed by atoms with Crippen molar-refractivity contribution in [2.45, 2.75) is 57.3 Å². The van der Waals surface area contributed by atoms with Gasteiger partial charge in [0.25, 0.3) is 0 Å². The van der Waals surface area contributed by atoms with Gasteiger partial charge in [0.2, 0.25) is 0 Å². The van der Waals surface area contributed by atoms with E-state index in [1.165, 1.54) is 24.5 Å². The summed E-state index contributed by atoms with van der Waals surface area (Å²) in [5, 5.41) is 13.2. The summed E-state index contributed by atoms with van der Waals surface area (Å²) in [5.41, 5.74) is -0.0132. The van der Waals surface area contributed by atoms with Gasteiger partial charge >= 0.3 is 6.09 Å². The fraction of sp³-hybridized carbons (Fsp3) is 0.450. The van der Waals surface area contributed by atoms with Gasteiger partial charge in [-0.3, -0.25) is 9.97 Å². The van der Waals surface area contributed by atoms with Crippen LogP contribution in [-0.2, 0) is 4.74 Å². The van der Waals surface area contributed by atoms with Crippen molar-refractivity contribution in [1.29, 1.82) is 0 Å². The maximum atomic E-state index is 14.6. The lowest BCUT2D eigenvalue weighted by Crippen LogP contribution is -2.38. The minimum Gasteiger partial charge on any atom is -0.444 e. The molecule has 28 heavy (non-hydrogen) atoms. The van der Waals surface area contributed by atoms with Crippen molar-refractivity contribution >= 4 is 6.09 Å². The van der Waals surface area contributed by atoms with E-state index in [0.717, 1.165) is 6.07 Å². The van der Waals surface area contributed by atoms with Crippen LogP contribution in [-0.4, -0.2) is 26.8 Å². The van der Waals surface area contributed by atoms with E-state index in [4.69, 9.17) is 4.74 Å². The zero-order chi connectivity index (χ0) is 20.5. The van der Waals surface area contributed by atoms with Crippen LogP contribution in [0, 0.1) is 11.6 Å². The molecule has 6 nitrogen and oxygen atoms in total. The molecule has 2 aromatic rings. The van der Waals surface area contributed by atoms with Gasteiger partial charge in [0, 0.05) is 18.3 Å². The molecule has 1 aliphatic rings. The van der Waals surface area contributed by atoms with E-state index in [0.29, 0.717) is 17.8 Å². The molecule has 3 rings (SSSR count). The summed E-state index contributed by atoms with van der Waals surface area (Å²) < 4.78 is 33.7. The van der Waals surface area contributed by atoms with Gasteiger partial charge in [-0.1, -0.05) is 12.1 Å². The maximum absolute atomic E-state index is 14.6. The molecule has 0 aliphatic heterocycles. The lowest BCUT2D eigenvalue weighted by molar-refractivity contribution is 0.0493. The normalized spacial score (nSPS) is 22.1. The van der Waals surface area contributed by atoms with Crippen LogP contribution in [0.1, 0.15) is 68.6 Å². The number of amides is 1. The van der Waals surface area contributed by atoms with Crippen LogP contribution >= 0.6 is 0 Å². The van der Waals surface area contributed by atoms with Gasteiger partial charge in [-0.15, -0.1) is 0 Å². The number of carbonyl (C=O) groups is 1. The number of hydrogen-bond acceptors (Lipinski definition) is 5. The average Bonchev–Trinajstić information content (AvgIpc) is 2.74. The van der Waals surface area contributed by atoms with Crippen LogP contribution in [0.15, 0.2) is 30.6 Å². The Kier molecular flexibility index (Phi) is 5.60. The number of ether oxygens (including phenoxy) is 1. The second-order valence-corrected chi connectivity index (χ2v) is 7.79. The first kappa shape index (κ1) is 20.1. The number of aliphatic hydroxyl groups is 1. The molecule has 1 aliphatic carbocycles. The van der Waals surface area contributed by atoms with Crippen molar-refractivity contribution in [3.8, 4) is 0 Å². The molecule has 0 fully saturated rings. The first-order valence-corrected chi connectivity index (χ1v) is 9.09. The summed E-state index contributed by atoms with van der Waals surface area (Å²) in [6, 6.07) is 3.08. The highest BCUT2D eigenvalue weighted by Crippen LogP contribution is 2.42.